The summed E-state index contributed by atoms with van der Waals surface area (Å²) in [5, 5.41) is 11.1. The molecule has 3 aromatic rings. The Balaban J connectivity index is 1.53. The maximum Gasteiger partial charge on any atom is 0.339 e. The monoisotopic (exact) mass is 540 g/mol. The zero-order chi connectivity index (χ0) is 26.2. The lowest BCUT2D eigenvalue weighted by atomic mass is 10.1. The van der Waals surface area contributed by atoms with Crippen LogP contribution in [0.5, 0.6) is 5.75 Å². The van der Waals surface area contributed by atoms with Crippen LogP contribution < -0.4 is 9.08 Å². The summed E-state index contributed by atoms with van der Waals surface area (Å²) in [5.41, 5.74) is 3.54. The first kappa shape index (κ1) is 25.5. The fourth-order valence-corrected chi connectivity index (χ4v) is 5.69. The molecule has 0 bridgehead atoms. The first-order chi connectivity index (χ1) is 17.0. The van der Waals surface area contributed by atoms with Crippen LogP contribution in [-0.2, 0) is 14.9 Å². The van der Waals surface area contributed by atoms with Gasteiger partial charge in [-0.15, -0.1) is 0 Å². The highest BCUT2D eigenvalue weighted by Crippen LogP contribution is 2.36. The summed E-state index contributed by atoms with van der Waals surface area (Å²) in [7, 11) is -4.28. The van der Waals surface area contributed by atoms with Gasteiger partial charge in [-0.2, -0.15) is 8.42 Å². The number of hydrogen-bond acceptors (Lipinski definition) is 8. The predicted octanol–water partition coefficient (Wildman–Crippen LogP) is 5.69. The molecule has 8 nitrogen and oxygen atoms in total. The van der Waals surface area contributed by atoms with Gasteiger partial charge in [-0.1, -0.05) is 48.2 Å². The molecule has 0 spiro atoms. The molecule has 0 aromatic heterocycles. The Hall–Kier alpha value is -3.54. The summed E-state index contributed by atoms with van der Waals surface area (Å²) in [5.74, 6) is -0.213. The van der Waals surface area contributed by atoms with E-state index < -0.39 is 15.0 Å². The number of nitro benzene ring substituents is 1. The Morgan fingerprint density at radius 1 is 0.972 bits per heavy atom. The number of aryl methyl sites for hydroxylation is 3. The first-order valence-corrected chi connectivity index (χ1v) is 13.2. The topological polar surface area (TPSA) is 107 Å². The van der Waals surface area contributed by atoms with Crippen molar-refractivity contribution in [2.75, 3.05) is 4.90 Å². The Kier molecular flexibility index (Phi) is 6.98. The fraction of sp³-hybridized carbons (Fsp3) is 0.120. The Bertz CT molecular complexity index is 1550. The minimum Gasteiger partial charge on any atom is -0.379 e. The number of nitrogens with zero attached hydrogens (tertiary/aromatic N) is 2. The smallest absolute Gasteiger partial charge is 0.339 e. The molecule has 0 unspecified atom stereocenters. The van der Waals surface area contributed by atoms with Crippen molar-refractivity contribution in [3.63, 3.8) is 0 Å². The summed E-state index contributed by atoms with van der Waals surface area (Å²) in [6.07, 6.45) is 1.67. The number of rotatable bonds is 6. The molecule has 1 amide bonds. The highest BCUT2D eigenvalue weighted by molar-refractivity contribution is 8.27. The zero-order valence-electron chi connectivity index (χ0n) is 19.4. The van der Waals surface area contributed by atoms with E-state index in [1.807, 2.05) is 32.0 Å². The molecule has 4 rings (SSSR count). The molecule has 1 aliphatic rings. The number of thioether (sulfide) groups is 1. The third kappa shape index (κ3) is 5.18. The quantitative estimate of drug-likeness (QED) is 0.129. The molecule has 3 aromatic carbocycles. The van der Waals surface area contributed by atoms with Crippen LogP contribution in [0.2, 0.25) is 0 Å². The molecule has 0 saturated carbocycles. The number of thiocarbonyl (C=S) groups is 1. The number of nitro groups is 1. The molecule has 184 valence electrons. The van der Waals surface area contributed by atoms with Crippen molar-refractivity contribution in [3.05, 3.63) is 97.9 Å². The number of carbonyl (C=O) groups excluding carboxylic acids is 1. The van der Waals surface area contributed by atoms with E-state index >= 15 is 0 Å². The van der Waals surface area contributed by atoms with Gasteiger partial charge in [0.25, 0.3) is 11.6 Å². The second kappa shape index (κ2) is 9.84. The van der Waals surface area contributed by atoms with Gasteiger partial charge in [-0.05, 0) is 73.9 Å². The van der Waals surface area contributed by atoms with Crippen LogP contribution in [-0.4, -0.2) is 23.6 Å². The standard InChI is InChI=1S/C25H20N2O6S3/c1-15-4-8-19(12-17(15)3)26-24(28)23(35-25(26)34)13-18-6-9-20(10-7-18)33-36(31,32)21-11-5-16(2)22(14-21)27(29)30/h4-14H,1-3H3/b23-13-. The maximum atomic E-state index is 13.0. The summed E-state index contributed by atoms with van der Waals surface area (Å²) in [6.45, 7) is 5.48. The van der Waals surface area contributed by atoms with Crippen LogP contribution in [0, 0.1) is 30.9 Å². The highest BCUT2D eigenvalue weighted by atomic mass is 32.2. The van der Waals surface area contributed by atoms with Crippen LogP contribution in [0.1, 0.15) is 22.3 Å². The van der Waals surface area contributed by atoms with E-state index in [1.54, 1.807) is 18.2 Å². The van der Waals surface area contributed by atoms with Gasteiger partial charge in [0.2, 0.25) is 0 Å². The van der Waals surface area contributed by atoms with E-state index in [2.05, 4.69) is 0 Å². The summed E-state index contributed by atoms with van der Waals surface area (Å²) in [4.78, 5) is 25.1. The van der Waals surface area contributed by atoms with Gasteiger partial charge in [0, 0.05) is 11.6 Å². The molecule has 1 heterocycles. The molecule has 1 saturated heterocycles. The second-order valence-electron chi connectivity index (χ2n) is 8.10. The summed E-state index contributed by atoms with van der Waals surface area (Å²) >= 11 is 6.61. The van der Waals surface area contributed by atoms with Crippen molar-refractivity contribution < 1.29 is 22.3 Å². The Morgan fingerprint density at radius 2 is 1.64 bits per heavy atom. The van der Waals surface area contributed by atoms with Crippen molar-refractivity contribution in [1.29, 1.82) is 0 Å². The van der Waals surface area contributed by atoms with Gasteiger partial charge < -0.3 is 4.18 Å². The zero-order valence-corrected chi connectivity index (χ0v) is 21.9. The van der Waals surface area contributed by atoms with Crippen molar-refractivity contribution in [1.82, 2.24) is 0 Å². The van der Waals surface area contributed by atoms with Crippen LogP contribution in [0.4, 0.5) is 11.4 Å². The predicted molar refractivity (Wildman–Crippen MR) is 144 cm³/mol. The molecule has 0 atom stereocenters. The van der Waals surface area contributed by atoms with Crippen LogP contribution >= 0.6 is 24.0 Å². The maximum absolute atomic E-state index is 13.0. The average molecular weight is 541 g/mol. The molecule has 1 aliphatic heterocycles. The van der Waals surface area contributed by atoms with E-state index in [1.165, 1.54) is 47.9 Å². The van der Waals surface area contributed by atoms with Crippen molar-refractivity contribution in [2.24, 2.45) is 0 Å². The minimum absolute atomic E-state index is 0.0260. The highest BCUT2D eigenvalue weighted by Gasteiger charge is 2.33. The summed E-state index contributed by atoms with van der Waals surface area (Å²) < 4.78 is 30.8. The van der Waals surface area contributed by atoms with Crippen molar-refractivity contribution in [2.45, 2.75) is 25.7 Å². The second-order valence-corrected chi connectivity index (χ2v) is 11.3. The van der Waals surface area contributed by atoms with Crippen LogP contribution in [0.3, 0.4) is 0 Å². The SMILES string of the molecule is Cc1ccc(N2C(=O)/C(=C/c3ccc(OS(=O)(=O)c4ccc(C)c([N+](=O)[O-])c4)cc3)SC2=S)cc1C. The van der Waals surface area contributed by atoms with Gasteiger partial charge in [0.05, 0.1) is 15.5 Å². The number of anilines is 1. The number of hydrogen-bond donors (Lipinski definition) is 0. The lowest BCUT2D eigenvalue weighted by Gasteiger charge is -2.15. The molecule has 11 heteroatoms. The molecule has 0 aliphatic carbocycles. The molecule has 36 heavy (non-hydrogen) atoms. The third-order valence-corrected chi connectivity index (χ3v) is 8.14. The Morgan fingerprint density at radius 3 is 2.28 bits per heavy atom. The third-order valence-electron chi connectivity index (χ3n) is 5.59. The van der Waals surface area contributed by atoms with Gasteiger partial charge in [0.1, 0.15) is 10.6 Å². The molecule has 1 fully saturated rings. The van der Waals surface area contributed by atoms with E-state index in [4.69, 9.17) is 16.4 Å². The van der Waals surface area contributed by atoms with Gasteiger partial charge in [-0.3, -0.25) is 19.8 Å². The van der Waals surface area contributed by atoms with E-state index in [-0.39, 0.29) is 22.2 Å². The molecular formula is C25H20N2O6S3. The number of amides is 1. The first-order valence-electron chi connectivity index (χ1n) is 10.6. The van der Waals surface area contributed by atoms with E-state index in [0.29, 0.717) is 26.0 Å². The molecule has 0 radical (unpaired) electrons. The van der Waals surface area contributed by atoms with Gasteiger partial charge >= 0.3 is 10.1 Å². The van der Waals surface area contributed by atoms with Crippen molar-refractivity contribution in [3.8, 4) is 5.75 Å². The van der Waals surface area contributed by atoms with Crippen LogP contribution in [0.15, 0.2) is 70.5 Å². The fourth-order valence-electron chi connectivity index (χ4n) is 3.44. The lowest BCUT2D eigenvalue weighted by Crippen LogP contribution is -2.27. The van der Waals surface area contributed by atoms with E-state index in [9.17, 15) is 23.3 Å². The summed E-state index contributed by atoms with van der Waals surface area (Å²) in [6, 6.07) is 15.4. The minimum atomic E-state index is -4.28. The number of carbonyl (C=O) groups is 1. The van der Waals surface area contributed by atoms with E-state index in [0.717, 1.165) is 17.2 Å². The largest absolute Gasteiger partial charge is 0.379 e. The van der Waals surface area contributed by atoms with Gasteiger partial charge in [-0.25, -0.2) is 0 Å². The molecule has 0 N–H and O–H groups in total. The normalized spacial score (nSPS) is 15.0. The van der Waals surface area contributed by atoms with Crippen LogP contribution in [0.25, 0.3) is 6.08 Å². The Labute approximate surface area is 217 Å². The lowest BCUT2D eigenvalue weighted by molar-refractivity contribution is -0.385. The van der Waals surface area contributed by atoms with Gasteiger partial charge in [0.15, 0.2) is 4.32 Å². The molecular weight excluding hydrogens is 520 g/mol. The number of benzene rings is 3. The van der Waals surface area contributed by atoms with Crippen molar-refractivity contribution >= 4 is 61.8 Å². The average Bonchev–Trinajstić information content (AvgIpc) is 3.09.